The Hall–Kier alpha value is -2.30. The molecule has 28 heavy (non-hydrogen) atoms. The summed E-state index contributed by atoms with van der Waals surface area (Å²) in [7, 11) is -4.36. The molecule has 1 atom stereocenters. The van der Waals surface area contributed by atoms with Crippen molar-refractivity contribution in [1.29, 1.82) is 0 Å². The number of nitrogens with zero attached hydrogens (tertiary/aromatic N) is 2. The van der Waals surface area contributed by atoms with Crippen molar-refractivity contribution in [3.05, 3.63) is 53.8 Å². The number of ether oxygens (including phenoxy) is 1. The molecule has 0 spiro atoms. The van der Waals surface area contributed by atoms with Gasteiger partial charge in [-0.1, -0.05) is 6.07 Å². The van der Waals surface area contributed by atoms with Crippen LogP contribution in [0.15, 0.2) is 36.4 Å². The number of halogens is 3. The standard InChI is InChI=1S/C18H18F3N3O3S/c19-12-4-5-16-17(10-12)23(8-6-13-11-22-7-9-27-13)28(25,26)24(16)18-14(20)2-1-3-15(18)21/h1-5,10,13,22H,6-9,11H2/t13-/m1/s1. The molecule has 2 aliphatic rings. The van der Waals surface area contributed by atoms with Gasteiger partial charge in [0.05, 0.1) is 24.1 Å². The summed E-state index contributed by atoms with van der Waals surface area (Å²) in [4.78, 5) is 0. The van der Waals surface area contributed by atoms with Crippen molar-refractivity contribution in [1.82, 2.24) is 5.32 Å². The van der Waals surface area contributed by atoms with Crippen molar-refractivity contribution in [2.24, 2.45) is 0 Å². The lowest BCUT2D eigenvalue weighted by Crippen LogP contribution is -2.42. The molecule has 150 valence electrons. The van der Waals surface area contributed by atoms with E-state index < -0.39 is 33.3 Å². The van der Waals surface area contributed by atoms with Crippen LogP contribution >= 0.6 is 0 Å². The molecule has 0 saturated carbocycles. The van der Waals surface area contributed by atoms with Gasteiger partial charge < -0.3 is 10.1 Å². The average Bonchev–Trinajstić information content (AvgIpc) is 2.87. The minimum absolute atomic E-state index is 0.00640. The Morgan fingerprint density at radius 3 is 2.54 bits per heavy atom. The van der Waals surface area contributed by atoms with Crippen molar-refractivity contribution in [3.63, 3.8) is 0 Å². The van der Waals surface area contributed by atoms with Crippen LogP contribution in [-0.4, -0.2) is 40.8 Å². The summed E-state index contributed by atoms with van der Waals surface area (Å²) in [6.07, 6.45) is 0.135. The minimum atomic E-state index is -4.36. The van der Waals surface area contributed by atoms with E-state index in [1.54, 1.807) is 0 Å². The van der Waals surface area contributed by atoms with Gasteiger partial charge >= 0.3 is 10.2 Å². The topological polar surface area (TPSA) is 61.9 Å². The highest BCUT2D eigenvalue weighted by atomic mass is 32.2. The fourth-order valence-corrected chi connectivity index (χ4v) is 5.17. The van der Waals surface area contributed by atoms with E-state index in [4.69, 9.17) is 4.74 Å². The summed E-state index contributed by atoms with van der Waals surface area (Å²) < 4.78 is 76.0. The van der Waals surface area contributed by atoms with Crippen LogP contribution in [0.5, 0.6) is 0 Å². The van der Waals surface area contributed by atoms with Crippen molar-refractivity contribution in [2.75, 3.05) is 34.9 Å². The summed E-state index contributed by atoms with van der Waals surface area (Å²) in [6.45, 7) is 1.77. The lowest BCUT2D eigenvalue weighted by Gasteiger charge is -2.27. The van der Waals surface area contributed by atoms with E-state index in [0.717, 1.165) is 34.6 Å². The molecule has 0 radical (unpaired) electrons. The van der Waals surface area contributed by atoms with Gasteiger partial charge in [0, 0.05) is 25.7 Å². The van der Waals surface area contributed by atoms with Gasteiger partial charge in [-0.15, -0.1) is 0 Å². The van der Waals surface area contributed by atoms with E-state index in [2.05, 4.69) is 5.32 Å². The van der Waals surface area contributed by atoms with Crippen LogP contribution in [0.25, 0.3) is 0 Å². The number of rotatable bonds is 4. The Morgan fingerprint density at radius 2 is 1.86 bits per heavy atom. The number of anilines is 3. The second kappa shape index (κ2) is 7.26. The quantitative estimate of drug-likeness (QED) is 0.837. The van der Waals surface area contributed by atoms with Crippen molar-refractivity contribution in [2.45, 2.75) is 12.5 Å². The molecular weight excluding hydrogens is 395 g/mol. The molecule has 2 aromatic carbocycles. The Kier molecular flexibility index (Phi) is 4.94. The molecule has 0 aliphatic carbocycles. The largest absolute Gasteiger partial charge is 0.376 e. The molecule has 4 rings (SSSR count). The maximum Gasteiger partial charge on any atom is 0.331 e. The Bertz CT molecular complexity index is 977. The van der Waals surface area contributed by atoms with E-state index >= 15 is 0 Å². The first-order valence-corrected chi connectivity index (χ1v) is 10.2. The van der Waals surface area contributed by atoms with Crippen LogP contribution in [0.4, 0.5) is 30.2 Å². The van der Waals surface area contributed by atoms with Gasteiger partial charge in [0.1, 0.15) is 11.5 Å². The van der Waals surface area contributed by atoms with Gasteiger partial charge in [0.2, 0.25) is 0 Å². The molecular formula is C18H18F3N3O3S. The maximum absolute atomic E-state index is 14.4. The Balaban J connectivity index is 1.75. The number of benzene rings is 2. The normalized spacial score (nSPS) is 21.0. The number of hydrogen-bond donors (Lipinski definition) is 1. The second-order valence-corrected chi connectivity index (χ2v) is 8.23. The first-order chi connectivity index (χ1) is 13.4. The highest BCUT2D eigenvalue weighted by molar-refractivity contribution is 7.95. The van der Waals surface area contributed by atoms with Gasteiger partial charge in [-0.3, -0.25) is 4.31 Å². The summed E-state index contributed by atoms with van der Waals surface area (Å²) in [5.41, 5.74) is -0.687. The van der Waals surface area contributed by atoms with E-state index in [0.29, 0.717) is 30.4 Å². The van der Waals surface area contributed by atoms with E-state index in [9.17, 15) is 21.6 Å². The fraction of sp³-hybridized carbons (Fsp3) is 0.333. The van der Waals surface area contributed by atoms with Crippen LogP contribution in [0.2, 0.25) is 0 Å². The Labute approximate surface area is 160 Å². The van der Waals surface area contributed by atoms with Gasteiger partial charge in [0.15, 0.2) is 11.6 Å². The predicted molar refractivity (Wildman–Crippen MR) is 98.4 cm³/mol. The predicted octanol–water partition coefficient (Wildman–Crippen LogP) is 2.69. The summed E-state index contributed by atoms with van der Waals surface area (Å²) in [6, 6.07) is 6.40. The van der Waals surface area contributed by atoms with Gasteiger partial charge in [-0.05, 0) is 30.7 Å². The molecule has 0 bridgehead atoms. The summed E-state index contributed by atoms with van der Waals surface area (Å²) in [5.74, 6) is -2.70. The number of morpholine rings is 1. The molecule has 2 heterocycles. The van der Waals surface area contributed by atoms with Crippen LogP contribution in [0.3, 0.4) is 0 Å². The zero-order chi connectivity index (χ0) is 19.9. The smallest absolute Gasteiger partial charge is 0.331 e. The molecule has 1 fully saturated rings. The van der Waals surface area contributed by atoms with Gasteiger partial charge in [-0.25, -0.2) is 17.5 Å². The first kappa shape index (κ1) is 19.0. The monoisotopic (exact) mass is 413 g/mol. The number of nitrogens with one attached hydrogen (secondary N) is 1. The molecule has 6 nitrogen and oxygen atoms in total. The van der Waals surface area contributed by atoms with Gasteiger partial charge in [-0.2, -0.15) is 8.42 Å². The minimum Gasteiger partial charge on any atom is -0.376 e. The molecule has 2 aliphatic heterocycles. The lowest BCUT2D eigenvalue weighted by molar-refractivity contribution is 0.0254. The van der Waals surface area contributed by atoms with Crippen LogP contribution in [-0.2, 0) is 14.9 Å². The zero-order valence-electron chi connectivity index (χ0n) is 14.7. The molecule has 1 N–H and O–H groups in total. The fourth-order valence-electron chi connectivity index (χ4n) is 3.44. The lowest BCUT2D eigenvalue weighted by atomic mass is 10.2. The molecule has 0 unspecified atom stereocenters. The highest BCUT2D eigenvalue weighted by Gasteiger charge is 2.43. The number of hydrogen-bond acceptors (Lipinski definition) is 4. The molecule has 10 heteroatoms. The van der Waals surface area contributed by atoms with Crippen LogP contribution in [0.1, 0.15) is 6.42 Å². The summed E-state index contributed by atoms with van der Waals surface area (Å²) in [5, 5.41) is 3.15. The highest BCUT2D eigenvalue weighted by Crippen LogP contribution is 2.47. The molecule has 0 amide bonds. The van der Waals surface area contributed by atoms with Gasteiger partial charge in [0.25, 0.3) is 0 Å². The van der Waals surface area contributed by atoms with E-state index in [-0.39, 0.29) is 24.0 Å². The third kappa shape index (κ3) is 3.21. The first-order valence-electron chi connectivity index (χ1n) is 8.78. The number of fused-ring (bicyclic) bond motifs is 1. The second-order valence-electron chi connectivity index (χ2n) is 6.53. The van der Waals surface area contributed by atoms with Crippen molar-refractivity contribution >= 4 is 27.3 Å². The van der Waals surface area contributed by atoms with E-state index in [1.165, 1.54) is 6.07 Å². The SMILES string of the molecule is O=S1(=O)N(CC[C@@H]2CNCCO2)c2cc(F)ccc2N1c1c(F)cccc1F. The molecule has 1 saturated heterocycles. The zero-order valence-corrected chi connectivity index (χ0v) is 15.6. The van der Waals surface area contributed by atoms with Crippen LogP contribution < -0.4 is 13.9 Å². The Morgan fingerprint density at radius 1 is 1.11 bits per heavy atom. The van der Waals surface area contributed by atoms with E-state index in [1.807, 2.05) is 0 Å². The maximum atomic E-state index is 14.4. The molecule has 2 aromatic rings. The van der Waals surface area contributed by atoms with Crippen LogP contribution in [0, 0.1) is 17.5 Å². The third-order valence-corrected chi connectivity index (χ3v) is 6.51. The third-order valence-electron chi connectivity index (χ3n) is 4.73. The van der Waals surface area contributed by atoms with Crippen molar-refractivity contribution in [3.8, 4) is 0 Å². The number of para-hydroxylation sites is 1. The van der Waals surface area contributed by atoms with Crippen molar-refractivity contribution < 1.29 is 26.3 Å². The summed E-state index contributed by atoms with van der Waals surface area (Å²) >= 11 is 0. The average molecular weight is 413 g/mol. The molecule has 0 aromatic heterocycles.